The standard InChI is InChI=1S/C22H19FN4O5/c23-15-4-1-2-5-16(15)25-22(31)24-14-9-7-13(8-10-14)17-12-19(32-26-17)20(28)27-11-3-6-18(27)21(29)30/h1-2,4-5,7-10,12,18H,3,6,11H2,(H,29,30)(H2,24,25,31)/t18-/m0/s1. The Morgan fingerprint density at radius 2 is 1.84 bits per heavy atom. The highest BCUT2D eigenvalue weighted by Crippen LogP contribution is 2.25. The number of anilines is 2. The number of nitrogens with zero attached hydrogens (tertiary/aromatic N) is 2. The molecule has 2 heterocycles. The van der Waals surface area contributed by atoms with Gasteiger partial charge in [-0.15, -0.1) is 0 Å². The van der Waals surface area contributed by atoms with E-state index in [2.05, 4.69) is 15.8 Å². The minimum atomic E-state index is -1.04. The van der Waals surface area contributed by atoms with E-state index in [-0.39, 0.29) is 11.4 Å². The second-order valence-electron chi connectivity index (χ2n) is 7.21. The van der Waals surface area contributed by atoms with Gasteiger partial charge in [-0.25, -0.2) is 14.0 Å². The maximum Gasteiger partial charge on any atom is 0.326 e. The molecule has 10 heteroatoms. The number of halogens is 1. The number of hydrogen-bond donors (Lipinski definition) is 3. The third kappa shape index (κ3) is 4.43. The van der Waals surface area contributed by atoms with Crippen molar-refractivity contribution < 1.29 is 28.4 Å². The first-order valence-corrected chi connectivity index (χ1v) is 9.86. The molecule has 2 aromatic carbocycles. The average Bonchev–Trinajstić information content (AvgIpc) is 3.46. The second-order valence-corrected chi connectivity index (χ2v) is 7.21. The molecule has 4 rings (SSSR count). The number of nitrogens with one attached hydrogen (secondary N) is 2. The summed E-state index contributed by atoms with van der Waals surface area (Å²) in [7, 11) is 0. The van der Waals surface area contributed by atoms with Gasteiger partial charge in [0.05, 0.1) is 5.69 Å². The van der Waals surface area contributed by atoms with Crippen LogP contribution in [0.15, 0.2) is 59.1 Å². The Morgan fingerprint density at radius 3 is 2.56 bits per heavy atom. The van der Waals surface area contributed by atoms with Gasteiger partial charge in [0.15, 0.2) is 0 Å². The zero-order chi connectivity index (χ0) is 22.7. The fraction of sp³-hybridized carbons (Fsp3) is 0.182. The Labute approximate surface area is 181 Å². The Hall–Kier alpha value is -4.21. The lowest BCUT2D eigenvalue weighted by atomic mass is 10.1. The zero-order valence-corrected chi connectivity index (χ0v) is 16.7. The van der Waals surface area contributed by atoms with E-state index < -0.39 is 29.8 Å². The number of aromatic nitrogens is 1. The molecule has 1 aromatic heterocycles. The molecule has 0 unspecified atom stereocenters. The lowest BCUT2D eigenvalue weighted by molar-refractivity contribution is -0.141. The number of carbonyl (C=O) groups is 3. The van der Waals surface area contributed by atoms with Gasteiger partial charge < -0.3 is 25.2 Å². The van der Waals surface area contributed by atoms with Crippen molar-refractivity contribution >= 4 is 29.3 Å². The van der Waals surface area contributed by atoms with Crippen molar-refractivity contribution in [1.29, 1.82) is 0 Å². The number of amides is 3. The van der Waals surface area contributed by atoms with Gasteiger partial charge in [0, 0.05) is 23.9 Å². The summed E-state index contributed by atoms with van der Waals surface area (Å²) < 4.78 is 18.8. The maximum atomic E-state index is 13.6. The number of rotatable bonds is 5. The molecule has 1 aliphatic rings. The van der Waals surface area contributed by atoms with Gasteiger partial charge in [-0.3, -0.25) is 4.79 Å². The van der Waals surface area contributed by atoms with Gasteiger partial charge in [0.1, 0.15) is 17.6 Å². The summed E-state index contributed by atoms with van der Waals surface area (Å²) in [4.78, 5) is 37.3. The number of carboxylic acid groups (broad SMARTS) is 1. The van der Waals surface area contributed by atoms with Crippen molar-refractivity contribution in [3.05, 3.63) is 66.2 Å². The summed E-state index contributed by atoms with van der Waals surface area (Å²) in [6.45, 7) is 0.348. The summed E-state index contributed by atoms with van der Waals surface area (Å²) in [5, 5.41) is 18.2. The number of benzene rings is 2. The number of urea groups is 1. The fourth-order valence-electron chi connectivity index (χ4n) is 3.49. The van der Waals surface area contributed by atoms with E-state index in [4.69, 9.17) is 4.52 Å². The number of aliphatic carboxylic acids is 1. The van der Waals surface area contributed by atoms with Crippen LogP contribution in [-0.4, -0.2) is 45.7 Å². The van der Waals surface area contributed by atoms with Crippen LogP contribution in [0.1, 0.15) is 23.4 Å². The number of carbonyl (C=O) groups excluding carboxylic acids is 2. The molecule has 9 nitrogen and oxygen atoms in total. The highest BCUT2D eigenvalue weighted by molar-refractivity contribution is 6.00. The van der Waals surface area contributed by atoms with E-state index in [1.165, 1.54) is 29.2 Å². The third-order valence-corrected chi connectivity index (χ3v) is 5.08. The van der Waals surface area contributed by atoms with Crippen LogP contribution in [0.3, 0.4) is 0 Å². The minimum absolute atomic E-state index is 0.0420. The molecule has 164 valence electrons. The molecule has 32 heavy (non-hydrogen) atoms. The average molecular weight is 438 g/mol. The Bertz CT molecular complexity index is 1160. The smallest absolute Gasteiger partial charge is 0.326 e. The molecule has 1 atom stereocenters. The number of hydrogen-bond acceptors (Lipinski definition) is 5. The molecule has 0 aliphatic carbocycles. The van der Waals surface area contributed by atoms with Crippen molar-refractivity contribution in [3.8, 4) is 11.3 Å². The Kier molecular flexibility index (Phi) is 5.84. The predicted molar refractivity (Wildman–Crippen MR) is 113 cm³/mol. The van der Waals surface area contributed by atoms with Gasteiger partial charge in [-0.2, -0.15) is 0 Å². The van der Waals surface area contributed by atoms with E-state index in [9.17, 15) is 23.9 Å². The van der Waals surface area contributed by atoms with Crippen LogP contribution in [-0.2, 0) is 4.79 Å². The van der Waals surface area contributed by atoms with E-state index in [1.54, 1.807) is 30.3 Å². The van der Waals surface area contributed by atoms with Gasteiger partial charge in [0.2, 0.25) is 5.76 Å². The fourth-order valence-corrected chi connectivity index (χ4v) is 3.49. The molecule has 3 N–H and O–H groups in total. The van der Waals surface area contributed by atoms with E-state index in [0.29, 0.717) is 36.3 Å². The number of para-hydroxylation sites is 1. The first-order chi connectivity index (χ1) is 15.4. The zero-order valence-electron chi connectivity index (χ0n) is 16.7. The maximum absolute atomic E-state index is 13.6. The molecule has 3 amide bonds. The van der Waals surface area contributed by atoms with Crippen molar-refractivity contribution in [2.75, 3.05) is 17.2 Å². The monoisotopic (exact) mass is 438 g/mol. The Balaban J connectivity index is 1.41. The largest absolute Gasteiger partial charge is 0.480 e. The summed E-state index contributed by atoms with van der Waals surface area (Å²) in [6, 6.07) is 12.4. The molecule has 0 radical (unpaired) electrons. The molecule has 0 spiro atoms. The van der Waals surface area contributed by atoms with Crippen LogP contribution < -0.4 is 10.6 Å². The quantitative estimate of drug-likeness (QED) is 0.556. The van der Waals surface area contributed by atoms with Crippen LogP contribution in [0.2, 0.25) is 0 Å². The summed E-state index contributed by atoms with van der Waals surface area (Å²) >= 11 is 0. The lowest BCUT2D eigenvalue weighted by Gasteiger charge is -2.19. The van der Waals surface area contributed by atoms with Gasteiger partial charge in [-0.1, -0.05) is 29.4 Å². The van der Waals surface area contributed by atoms with Crippen molar-refractivity contribution in [1.82, 2.24) is 10.1 Å². The summed E-state index contributed by atoms with van der Waals surface area (Å²) in [6.07, 6.45) is 1.02. The molecule has 1 saturated heterocycles. The SMILES string of the molecule is O=C(Nc1ccc(-c2cc(C(=O)N3CCC[C@H]3C(=O)O)on2)cc1)Nc1ccccc1F. The number of carboxylic acids is 1. The van der Waals surface area contributed by atoms with Crippen molar-refractivity contribution in [2.24, 2.45) is 0 Å². The first-order valence-electron chi connectivity index (χ1n) is 9.86. The van der Waals surface area contributed by atoms with E-state index >= 15 is 0 Å². The molecule has 1 fully saturated rings. The van der Waals surface area contributed by atoms with Crippen LogP contribution in [0.5, 0.6) is 0 Å². The van der Waals surface area contributed by atoms with E-state index in [0.717, 1.165) is 0 Å². The minimum Gasteiger partial charge on any atom is -0.480 e. The lowest BCUT2D eigenvalue weighted by Crippen LogP contribution is -2.40. The van der Waals surface area contributed by atoms with Crippen LogP contribution in [0, 0.1) is 5.82 Å². The highest BCUT2D eigenvalue weighted by Gasteiger charge is 2.36. The highest BCUT2D eigenvalue weighted by atomic mass is 19.1. The van der Waals surface area contributed by atoms with Crippen molar-refractivity contribution in [3.63, 3.8) is 0 Å². The van der Waals surface area contributed by atoms with Gasteiger partial charge in [0.25, 0.3) is 5.91 Å². The van der Waals surface area contributed by atoms with Crippen LogP contribution >= 0.6 is 0 Å². The summed E-state index contributed by atoms with van der Waals surface area (Å²) in [5.74, 6) is -2.15. The third-order valence-electron chi connectivity index (χ3n) is 5.08. The number of likely N-dealkylation sites (tertiary alicyclic amines) is 1. The van der Waals surface area contributed by atoms with Gasteiger partial charge in [-0.05, 0) is 37.1 Å². The predicted octanol–water partition coefficient (Wildman–Crippen LogP) is 3.81. The molecule has 0 bridgehead atoms. The van der Waals surface area contributed by atoms with Crippen LogP contribution in [0.4, 0.5) is 20.6 Å². The van der Waals surface area contributed by atoms with Gasteiger partial charge >= 0.3 is 12.0 Å². The normalized spacial score (nSPS) is 15.4. The van der Waals surface area contributed by atoms with E-state index in [1.807, 2.05) is 0 Å². The topological polar surface area (TPSA) is 125 Å². The molecule has 0 saturated carbocycles. The molecular weight excluding hydrogens is 419 g/mol. The molecule has 1 aliphatic heterocycles. The first kappa shape index (κ1) is 21.0. The molecule has 3 aromatic rings. The van der Waals surface area contributed by atoms with Crippen molar-refractivity contribution in [2.45, 2.75) is 18.9 Å². The Morgan fingerprint density at radius 1 is 1.09 bits per heavy atom. The molecular formula is C22H19FN4O5. The van der Waals surface area contributed by atoms with Crippen LogP contribution in [0.25, 0.3) is 11.3 Å². The second kappa shape index (κ2) is 8.88. The summed E-state index contributed by atoms with van der Waals surface area (Å²) in [5.41, 5.74) is 1.54.